The lowest BCUT2D eigenvalue weighted by atomic mass is 9.81. The summed E-state index contributed by atoms with van der Waals surface area (Å²) in [5.41, 5.74) is 33.9. The van der Waals surface area contributed by atoms with E-state index in [2.05, 4.69) is 330 Å². The molecule has 24 rings (SSSR count). The van der Waals surface area contributed by atoms with Crippen LogP contribution in [-0.4, -0.2) is 0 Å². The maximum absolute atomic E-state index is 8.30. The van der Waals surface area contributed by atoms with Gasteiger partial charge in [-0.15, -0.1) is 22.7 Å². The summed E-state index contributed by atoms with van der Waals surface area (Å²) in [5.74, 6) is 0. The Labute approximate surface area is 739 Å². The molecule has 21 aromatic rings. The molecule has 0 atom stereocenters. The van der Waals surface area contributed by atoms with Crippen molar-refractivity contribution in [2.45, 2.75) is 57.8 Å². The largest absolute Gasteiger partial charge is 0.455 e. The Morgan fingerprint density at radius 1 is 0.228 bits per heavy atom. The van der Waals surface area contributed by atoms with Gasteiger partial charge in [0.15, 0.2) is 0 Å². The van der Waals surface area contributed by atoms with Crippen LogP contribution in [0.3, 0.4) is 0 Å². The highest BCUT2D eigenvalue weighted by molar-refractivity contribution is 7.26. The zero-order valence-electron chi connectivity index (χ0n) is 78.6. The van der Waals surface area contributed by atoms with E-state index < -0.39 is 6.04 Å². The van der Waals surface area contributed by atoms with Crippen molar-refractivity contribution in [2.24, 2.45) is 0 Å². The van der Waals surface area contributed by atoms with Gasteiger partial charge in [0.25, 0.3) is 0 Å². The summed E-state index contributed by atoms with van der Waals surface area (Å²) >= 11 is 3.73. The van der Waals surface area contributed by atoms with E-state index >= 15 is 0 Å². The van der Waals surface area contributed by atoms with Gasteiger partial charge in [-0.3, -0.25) is 0 Å². The maximum Gasteiger partial charge on any atom is 0.143 e. The molecule has 123 heavy (non-hydrogen) atoms. The molecule has 3 aliphatic rings. The number of thiophene rings is 2. The van der Waals surface area contributed by atoms with Crippen molar-refractivity contribution in [3.05, 3.63) is 434 Å². The van der Waals surface area contributed by atoms with Gasteiger partial charge in [-0.1, -0.05) is 320 Å². The molecule has 3 aromatic heterocycles. The number of hydrogen-bond acceptors (Lipinski definition) is 6. The van der Waals surface area contributed by atoms with Gasteiger partial charge in [0.2, 0.25) is 0 Å². The zero-order chi connectivity index (χ0) is 91.4. The standard InChI is InChI=1S/C39H29NO.2C39H29NS/c2*1-39(2)35-23-27(30-12-8-13-34-33-11-6-7-14-37(33)41-38(30)34)17-21-31(35)32-22-20-29(24-36(32)39)40-28-18-15-26(16-19-28)25-9-4-3-5-10-25;1-39(2)35-23-28(27-15-21-38-34(22-27)33-10-6-7-11-37(33)41-38)14-19-31(35)32-20-18-30(24-36(32)39)40-29-16-12-26(13-17-29)25-8-4-3-5-9-25/h3*3-24,40H,1-2H3/i2*3D,4D,5D,9D,10D;. The number of benzene rings is 18. The second kappa shape index (κ2) is 30.1. The van der Waals surface area contributed by atoms with Crippen LogP contribution < -0.4 is 16.0 Å². The highest BCUT2D eigenvalue weighted by Gasteiger charge is 2.39. The number of hydrogen-bond donors (Lipinski definition) is 3. The first-order valence-electron chi connectivity index (χ1n) is 46.7. The van der Waals surface area contributed by atoms with Gasteiger partial charge in [-0.2, -0.15) is 0 Å². The molecule has 0 saturated carbocycles. The molecule has 4 nitrogen and oxygen atoms in total. The highest BCUT2D eigenvalue weighted by Crippen LogP contribution is 2.55. The van der Waals surface area contributed by atoms with Gasteiger partial charge in [0, 0.05) is 107 Å². The van der Waals surface area contributed by atoms with E-state index in [9.17, 15) is 0 Å². The van der Waals surface area contributed by atoms with Crippen LogP contribution in [0.5, 0.6) is 0 Å². The number of fused-ring (bicyclic) bond motifs is 18. The number of furan rings is 1. The summed E-state index contributed by atoms with van der Waals surface area (Å²) in [5, 5.41) is 18.2. The average Bonchev–Trinajstić information content (AvgIpc) is 1.59. The Hall–Kier alpha value is -14.4. The number of anilines is 6. The third-order valence-corrected chi connectivity index (χ3v) is 27.7. The van der Waals surface area contributed by atoms with Crippen molar-refractivity contribution >= 4 is 119 Å². The summed E-state index contributed by atoms with van der Waals surface area (Å²) < 4.78 is 92.6. The number of para-hydroxylation sites is 2. The van der Waals surface area contributed by atoms with Crippen LogP contribution in [0.4, 0.5) is 34.1 Å². The first kappa shape index (κ1) is 64.5. The summed E-state index contributed by atoms with van der Waals surface area (Å²) in [4.78, 5) is 0. The molecular formula is C117H87N3OS2. The lowest BCUT2D eigenvalue weighted by Gasteiger charge is -2.23. The van der Waals surface area contributed by atoms with E-state index in [-0.39, 0.29) is 81.8 Å². The fourth-order valence-corrected chi connectivity index (χ4v) is 21.2. The molecule has 0 amide bonds. The van der Waals surface area contributed by atoms with Crippen LogP contribution in [0.2, 0.25) is 0 Å². The molecule has 18 aromatic carbocycles. The van der Waals surface area contributed by atoms with Gasteiger partial charge in [-0.25, -0.2) is 0 Å². The predicted octanol–water partition coefficient (Wildman–Crippen LogP) is 33.8. The quantitative estimate of drug-likeness (QED) is 0.114. The van der Waals surface area contributed by atoms with Crippen molar-refractivity contribution in [2.75, 3.05) is 16.0 Å². The predicted molar refractivity (Wildman–Crippen MR) is 527 cm³/mol. The van der Waals surface area contributed by atoms with Gasteiger partial charge >= 0.3 is 0 Å². The van der Waals surface area contributed by atoms with Crippen LogP contribution in [0.15, 0.2) is 405 Å². The SMILES string of the molecule is CC1(C)c2cc(Nc3ccc(-c4ccccc4)cc3)ccc2-c2ccc(-c3ccc4sc5ccccc5c4c3)cc21.[2H]c1c([2H])c([2H])c(-c2ccc(Nc3ccc4c(c3)C(C)(C)c3cc(-c5cccc6c5oc5ccccc56)ccc3-4)cc2)c([2H])c1[2H].[2H]c1c([2H])c([2H])c(-c2ccc(Nc3ccc4c(c3)C(C)(C)c3cc(-c5cccc6c5sc5ccccc56)ccc3-4)cc2)c([2H])c1[2H]. The van der Waals surface area contributed by atoms with E-state index in [0.717, 1.165) is 67.2 Å². The minimum Gasteiger partial charge on any atom is -0.455 e. The van der Waals surface area contributed by atoms with Crippen LogP contribution in [0, 0.1) is 0 Å². The molecule has 0 spiro atoms. The Bertz CT molecular complexity index is 7990. The Balaban J connectivity index is 0.000000117. The van der Waals surface area contributed by atoms with E-state index in [4.69, 9.17) is 18.1 Å². The van der Waals surface area contributed by atoms with Crippen molar-refractivity contribution in [1.82, 2.24) is 0 Å². The molecule has 0 aliphatic heterocycles. The molecule has 3 heterocycles. The molecule has 588 valence electrons. The fourth-order valence-electron chi connectivity index (χ4n) is 18.9. The summed E-state index contributed by atoms with van der Waals surface area (Å²) in [6.07, 6.45) is 0. The Morgan fingerprint density at radius 3 is 1.08 bits per heavy atom. The molecule has 0 fully saturated rings. The first-order valence-corrected chi connectivity index (χ1v) is 43.4. The van der Waals surface area contributed by atoms with Gasteiger partial charge in [0.05, 0.1) is 13.7 Å². The smallest absolute Gasteiger partial charge is 0.143 e. The fraction of sp³-hybridized carbons (Fsp3) is 0.0769. The van der Waals surface area contributed by atoms with E-state index in [1.165, 1.54) is 140 Å². The number of nitrogens with one attached hydrogen (secondary N) is 3. The van der Waals surface area contributed by atoms with Crippen molar-refractivity contribution in [3.8, 4) is 100 Å². The maximum atomic E-state index is 8.30. The average molecular weight is 1630 g/mol. The molecule has 3 aliphatic carbocycles. The summed E-state index contributed by atoms with van der Waals surface area (Å²) in [6, 6.07) is 117. The topological polar surface area (TPSA) is 49.2 Å². The van der Waals surface area contributed by atoms with Crippen LogP contribution in [0.1, 0.15) is 88.6 Å². The van der Waals surface area contributed by atoms with E-state index in [1.54, 1.807) is 24.3 Å². The minimum atomic E-state index is -0.390. The van der Waals surface area contributed by atoms with Gasteiger partial charge in [0.1, 0.15) is 11.2 Å². The highest BCUT2D eigenvalue weighted by atomic mass is 32.1. The molecule has 0 unspecified atom stereocenters. The number of rotatable bonds is 12. The Kier molecular flexibility index (Phi) is 15.8. The second-order valence-corrected chi connectivity index (χ2v) is 35.9. The Morgan fingerprint density at radius 2 is 0.569 bits per heavy atom. The first-order chi connectivity index (χ1) is 64.3. The van der Waals surface area contributed by atoms with E-state index in [0.29, 0.717) is 11.1 Å². The van der Waals surface area contributed by atoms with Crippen LogP contribution >= 0.6 is 22.7 Å². The monoisotopic (exact) mass is 1620 g/mol. The van der Waals surface area contributed by atoms with Crippen LogP contribution in [-0.2, 0) is 16.2 Å². The van der Waals surface area contributed by atoms with Crippen molar-refractivity contribution in [1.29, 1.82) is 0 Å². The van der Waals surface area contributed by atoms with Gasteiger partial charge in [-0.05, 0) is 249 Å². The molecule has 0 radical (unpaired) electrons. The molecule has 0 saturated heterocycles. The molecular weight excluding hydrogens is 1530 g/mol. The molecule has 6 heteroatoms. The minimum absolute atomic E-state index is 0.0886. The normalized spacial score (nSPS) is 14.5. The third kappa shape index (κ3) is 13.4. The second-order valence-electron chi connectivity index (χ2n) is 33.8. The van der Waals surface area contributed by atoms with Gasteiger partial charge < -0.3 is 20.4 Å². The summed E-state index contributed by atoms with van der Waals surface area (Å²) in [7, 11) is 0. The van der Waals surface area contributed by atoms with E-state index in [1.807, 2.05) is 65.1 Å². The molecule has 3 N–H and O–H groups in total. The van der Waals surface area contributed by atoms with Crippen LogP contribution in [0.25, 0.3) is 162 Å². The lowest BCUT2D eigenvalue weighted by Crippen LogP contribution is -2.15. The lowest BCUT2D eigenvalue weighted by molar-refractivity contribution is 0.660. The van der Waals surface area contributed by atoms with Crippen molar-refractivity contribution < 1.29 is 18.1 Å². The summed E-state index contributed by atoms with van der Waals surface area (Å²) in [6.45, 7) is 13.8. The third-order valence-electron chi connectivity index (χ3n) is 25.4. The molecule has 0 bridgehead atoms. The zero-order valence-corrected chi connectivity index (χ0v) is 70.2. The van der Waals surface area contributed by atoms with Crippen molar-refractivity contribution in [3.63, 3.8) is 0 Å².